The van der Waals surface area contributed by atoms with E-state index in [9.17, 15) is 9.18 Å². The quantitative estimate of drug-likeness (QED) is 0.800. The number of halogens is 1. The Labute approximate surface area is 136 Å². The van der Waals surface area contributed by atoms with Gasteiger partial charge in [-0.25, -0.2) is 9.37 Å². The first-order chi connectivity index (χ1) is 11.2. The van der Waals surface area contributed by atoms with Crippen LogP contribution in [0.3, 0.4) is 0 Å². The predicted octanol–water partition coefficient (Wildman–Crippen LogP) is 3.46. The van der Waals surface area contributed by atoms with Crippen LogP contribution >= 0.6 is 11.3 Å². The van der Waals surface area contributed by atoms with Gasteiger partial charge in [0.15, 0.2) is 0 Å². The van der Waals surface area contributed by atoms with Crippen molar-refractivity contribution >= 4 is 21.6 Å². The Morgan fingerprint density at radius 3 is 2.96 bits per heavy atom. The van der Waals surface area contributed by atoms with Crippen LogP contribution in [-0.2, 0) is 6.54 Å². The van der Waals surface area contributed by atoms with Gasteiger partial charge in [0.1, 0.15) is 16.3 Å². The van der Waals surface area contributed by atoms with Gasteiger partial charge in [-0.1, -0.05) is 12.1 Å². The van der Waals surface area contributed by atoms with E-state index in [1.54, 1.807) is 0 Å². The van der Waals surface area contributed by atoms with Crippen molar-refractivity contribution in [2.75, 3.05) is 6.54 Å². The third-order valence-corrected chi connectivity index (χ3v) is 5.24. The van der Waals surface area contributed by atoms with E-state index >= 15 is 0 Å². The van der Waals surface area contributed by atoms with Gasteiger partial charge in [-0.2, -0.15) is 0 Å². The van der Waals surface area contributed by atoms with E-state index in [4.69, 9.17) is 0 Å². The van der Waals surface area contributed by atoms with Crippen molar-refractivity contribution in [1.29, 1.82) is 0 Å². The second-order valence-corrected chi connectivity index (χ2v) is 6.74. The van der Waals surface area contributed by atoms with Crippen molar-refractivity contribution in [3.8, 4) is 0 Å². The summed E-state index contributed by atoms with van der Waals surface area (Å²) in [4.78, 5) is 21.8. The standard InChI is InChI=1S/C17H16FN3OS/c18-12-5-3-11(4-6-12)14-2-1-8-21(14)10-15-19-13-7-9-23-16(13)17(22)20-15/h3-7,9,14H,1-2,8,10H2,(H,19,20,22). The van der Waals surface area contributed by atoms with Gasteiger partial charge in [0.25, 0.3) is 5.56 Å². The van der Waals surface area contributed by atoms with E-state index in [1.165, 1.54) is 23.5 Å². The van der Waals surface area contributed by atoms with E-state index < -0.39 is 0 Å². The first kappa shape index (κ1) is 14.5. The topological polar surface area (TPSA) is 49.0 Å². The molecule has 0 spiro atoms. The van der Waals surface area contributed by atoms with E-state index in [0.717, 1.165) is 30.5 Å². The first-order valence-corrected chi connectivity index (χ1v) is 8.54. The van der Waals surface area contributed by atoms with Crippen LogP contribution in [0.2, 0.25) is 0 Å². The fourth-order valence-corrected chi connectivity index (χ4v) is 3.99. The van der Waals surface area contributed by atoms with Gasteiger partial charge in [0.05, 0.1) is 12.1 Å². The predicted molar refractivity (Wildman–Crippen MR) is 89.0 cm³/mol. The van der Waals surface area contributed by atoms with Crippen LogP contribution in [0.25, 0.3) is 10.2 Å². The highest BCUT2D eigenvalue weighted by Crippen LogP contribution is 2.32. The number of benzene rings is 1. The van der Waals surface area contributed by atoms with E-state index in [2.05, 4.69) is 14.9 Å². The van der Waals surface area contributed by atoms with Gasteiger partial charge in [-0.3, -0.25) is 9.69 Å². The Balaban J connectivity index is 1.61. The summed E-state index contributed by atoms with van der Waals surface area (Å²) in [5.74, 6) is 0.474. The van der Waals surface area contributed by atoms with Crippen LogP contribution in [0.1, 0.15) is 30.3 Å². The molecule has 1 fully saturated rings. The smallest absolute Gasteiger partial charge is 0.268 e. The van der Waals surface area contributed by atoms with Crippen LogP contribution in [0, 0.1) is 5.82 Å². The molecule has 3 aromatic rings. The van der Waals surface area contributed by atoms with Gasteiger partial charge in [0, 0.05) is 6.04 Å². The number of hydrogen-bond acceptors (Lipinski definition) is 4. The highest BCUT2D eigenvalue weighted by Gasteiger charge is 2.26. The molecule has 1 aromatic carbocycles. The molecule has 2 aromatic heterocycles. The maximum atomic E-state index is 13.1. The SMILES string of the molecule is O=c1[nH]c(CN2CCCC2c2ccc(F)cc2)nc2ccsc12. The molecule has 0 bridgehead atoms. The minimum absolute atomic E-state index is 0.0717. The molecule has 1 aliphatic rings. The average molecular weight is 329 g/mol. The Hall–Kier alpha value is -2.05. The van der Waals surface area contributed by atoms with Crippen molar-refractivity contribution in [3.63, 3.8) is 0 Å². The molecule has 4 rings (SSSR count). The lowest BCUT2D eigenvalue weighted by Crippen LogP contribution is -2.25. The van der Waals surface area contributed by atoms with Gasteiger partial charge in [-0.05, 0) is 48.5 Å². The molecule has 1 N–H and O–H groups in total. The van der Waals surface area contributed by atoms with E-state index in [0.29, 0.717) is 17.1 Å². The summed E-state index contributed by atoms with van der Waals surface area (Å²) in [6.07, 6.45) is 2.13. The normalized spacial score (nSPS) is 18.7. The second kappa shape index (κ2) is 5.86. The van der Waals surface area contributed by atoms with Crippen LogP contribution in [0.4, 0.5) is 4.39 Å². The molecule has 1 aliphatic heterocycles. The second-order valence-electron chi connectivity index (χ2n) is 5.83. The summed E-state index contributed by atoms with van der Waals surface area (Å²) in [5, 5.41) is 1.88. The lowest BCUT2D eigenvalue weighted by molar-refractivity contribution is 0.242. The maximum Gasteiger partial charge on any atom is 0.268 e. The third kappa shape index (κ3) is 2.80. The Morgan fingerprint density at radius 2 is 2.13 bits per heavy atom. The lowest BCUT2D eigenvalue weighted by Gasteiger charge is -2.24. The molecule has 0 amide bonds. The van der Waals surface area contributed by atoms with Crippen LogP contribution in [-0.4, -0.2) is 21.4 Å². The number of nitrogens with zero attached hydrogens (tertiary/aromatic N) is 2. The number of likely N-dealkylation sites (tertiary alicyclic amines) is 1. The molecule has 0 aliphatic carbocycles. The monoisotopic (exact) mass is 329 g/mol. The lowest BCUT2D eigenvalue weighted by atomic mass is 10.0. The number of aromatic nitrogens is 2. The minimum Gasteiger partial charge on any atom is -0.308 e. The number of rotatable bonds is 3. The average Bonchev–Trinajstić information content (AvgIpc) is 3.17. The highest BCUT2D eigenvalue weighted by molar-refractivity contribution is 7.17. The maximum absolute atomic E-state index is 13.1. The zero-order chi connectivity index (χ0) is 15.8. The Kier molecular flexibility index (Phi) is 3.71. The molecule has 0 radical (unpaired) electrons. The molecule has 0 saturated carbocycles. The number of H-pyrrole nitrogens is 1. The fraction of sp³-hybridized carbons (Fsp3) is 0.294. The molecule has 1 unspecified atom stereocenters. The summed E-state index contributed by atoms with van der Waals surface area (Å²) in [6, 6.07) is 8.82. The van der Waals surface area contributed by atoms with Gasteiger partial charge in [0.2, 0.25) is 0 Å². The summed E-state index contributed by atoms with van der Waals surface area (Å²) in [5.41, 5.74) is 1.80. The molecule has 23 heavy (non-hydrogen) atoms. The summed E-state index contributed by atoms with van der Waals surface area (Å²) in [6.45, 7) is 1.55. The van der Waals surface area contributed by atoms with Crippen molar-refractivity contribution in [3.05, 3.63) is 63.3 Å². The molecule has 1 saturated heterocycles. The van der Waals surface area contributed by atoms with Crippen molar-refractivity contribution < 1.29 is 4.39 Å². The van der Waals surface area contributed by atoms with Crippen molar-refractivity contribution in [1.82, 2.24) is 14.9 Å². The summed E-state index contributed by atoms with van der Waals surface area (Å²) < 4.78 is 13.8. The number of fused-ring (bicyclic) bond motifs is 1. The zero-order valence-corrected chi connectivity index (χ0v) is 13.3. The molecular formula is C17H16FN3OS. The molecule has 6 heteroatoms. The zero-order valence-electron chi connectivity index (χ0n) is 12.5. The van der Waals surface area contributed by atoms with Gasteiger partial charge >= 0.3 is 0 Å². The van der Waals surface area contributed by atoms with E-state index in [1.807, 2.05) is 23.6 Å². The molecule has 4 nitrogen and oxygen atoms in total. The summed E-state index contributed by atoms with van der Waals surface area (Å²) in [7, 11) is 0. The highest BCUT2D eigenvalue weighted by atomic mass is 32.1. The van der Waals surface area contributed by atoms with Crippen molar-refractivity contribution in [2.24, 2.45) is 0 Å². The fourth-order valence-electron chi connectivity index (χ4n) is 3.27. The summed E-state index contributed by atoms with van der Waals surface area (Å²) >= 11 is 1.41. The molecule has 118 valence electrons. The van der Waals surface area contributed by atoms with Crippen LogP contribution in [0.15, 0.2) is 40.5 Å². The molecule has 3 heterocycles. The Bertz CT molecular complexity index is 887. The van der Waals surface area contributed by atoms with Gasteiger partial charge in [-0.15, -0.1) is 11.3 Å². The number of nitrogens with one attached hydrogen (secondary N) is 1. The number of aromatic amines is 1. The van der Waals surface area contributed by atoms with Gasteiger partial charge < -0.3 is 4.98 Å². The number of thiophene rings is 1. The van der Waals surface area contributed by atoms with Crippen LogP contribution < -0.4 is 5.56 Å². The largest absolute Gasteiger partial charge is 0.308 e. The first-order valence-electron chi connectivity index (χ1n) is 7.66. The molecule has 1 atom stereocenters. The minimum atomic E-state index is -0.216. The number of hydrogen-bond donors (Lipinski definition) is 1. The van der Waals surface area contributed by atoms with E-state index in [-0.39, 0.29) is 17.4 Å². The molecular weight excluding hydrogens is 313 g/mol. The Morgan fingerprint density at radius 1 is 1.30 bits per heavy atom. The third-order valence-electron chi connectivity index (χ3n) is 4.34. The van der Waals surface area contributed by atoms with Crippen molar-refractivity contribution in [2.45, 2.75) is 25.4 Å². The van der Waals surface area contributed by atoms with Crippen LogP contribution in [0.5, 0.6) is 0 Å².